The van der Waals surface area contributed by atoms with Crippen molar-refractivity contribution in [2.75, 3.05) is 6.61 Å². The van der Waals surface area contributed by atoms with Crippen LogP contribution in [0.25, 0.3) is 0 Å². The molecule has 0 aromatic heterocycles. The zero-order valence-electron chi connectivity index (χ0n) is 11.2. The van der Waals surface area contributed by atoms with Crippen LogP contribution in [0.15, 0.2) is 24.3 Å². The predicted molar refractivity (Wildman–Crippen MR) is 71.1 cm³/mol. The van der Waals surface area contributed by atoms with Crippen LogP contribution in [-0.2, 0) is 20.9 Å². The second kappa shape index (κ2) is 7.93. The Morgan fingerprint density at radius 3 is 2.65 bits per heavy atom. The number of carboxylic acids is 1. The summed E-state index contributed by atoms with van der Waals surface area (Å²) < 4.78 is 4.71. The fourth-order valence-corrected chi connectivity index (χ4v) is 1.55. The highest BCUT2D eigenvalue weighted by atomic mass is 16.5. The fourth-order valence-electron chi connectivity index (χ4n) is 1.55. The maximum Gasteiger partial charge on any atom is 0.335 e. The number of amides is 1. The Labute approximate surface area is 116 Å². The smallest absolute Gasteiger partial charge is 0.335 e. The lowest BCUT2D eigenvalue weighted by Crippen LogP contribution is -2.23. The molecule has 0 bridgehead atoms. The molecule has 1 aromatic rings. The summed E-state index contributed by atoms with van der Waals surface area (Å²) >= 11 is 0. The van der Waals surface area contributed by atoms with E-state index in [-0.39, 0.29) is 30.9 Å². The summed E-state index contributed by atoms with van der Waals surface area (Å²) in [4.78, 5) is 33.4. The molecule has 0 unspecified atom stereocenters. The van der Waals surface area contributed by atoms with Gasteiger partial charge in [-0.05, 0) is 24.6 Å². The zero-order valence-corrected chi connectivity index (χ0v) is 11.2. The van der Waals surface area contributed by atoms with Crippen molar-refractivity contribution in [2.24, 2.45) is 0 Å². The monoisotopic (exact) mass is 279 g/mol. The Bertz CT molecular complexity index is 498. The molecule has 1 amide bonds. The normalized spacial score (nSPS) is 9.85. The predicted octanol–water partition coefficient (Wildman–Crippen LogP) is 1.34. The molecule has 0 aliphatic carbocycles. The standard InChI is InChI=1S/C14H17NO5/c1-2-20-13(17)7-6-12(16)15-9-10-4-3-5-11(8-10)14(18)19/h3-5,8H,2,6-7,9H2,1H3,(H,15,16)(H,18,19). The highest BCUT2D eigenvalue weighted by molar-refractivity contribution is 5.87. The van der Waals surface area contributed by atoms with Crippen molar-refractivity contribution < 1.29 is 24.2 Å². The van der Waals surface area contributed by atoms with Gasteiger partial charge in [-0.3, -0.25) is 9.59 Å². The Hall–Kier alpha value is -2.37. The lowest BCUT2D eigenvalue weighted by atomic mass is 10.1. The molecule has 0 radical (unpaired) electrons. The molecule has 0 aliphatic rings. The Morgan fingerprint density at radius 2 is 2.00 bits per heavy atom. The van der Waals surface area contributed by atoms with Crippen molar-refractivity contribution in [3.05, 3.63) is 35.4 Å². The van der Waals surface area contributed by atoms with Crippen LogP contribution in [-0.4, -0.2) is 29.6 Å². The van der Waals surface area contributed by atoms with Crippen molar-refractivity contribution in [3.63, 3.8) is 0 Å². The molecule has 0 saturated carbocycles. The third-order valence-electron chi connectivity index (χ3n) is 2.53. The average Bonchev–Trinajstić information content (AvgIpc) is 2.43. The van der Waals surface area contributed by atoms with Crippen LogP contribution in [0.1, 0.15) is 35.7 Å². The van der Waals surface area contributed by atoms with Crippen molar-refractivity contribution in [2.45, 2.75) is 26.3 Å². The maximum absolute atomic E-state index is 11.5. The molecule has 2 N–H and O–H groups in total. The molecule has 6 nitrogen and oxygen atoms in total. The van der Waals surface area contributed by atoms with E-state index in [1.54, 1.807) is 19.1 Å². The van der Waals surface area contributed by atoms with Gasteiger partial charge >= 0.3 is 11.9 Å². The first kappa shape index (κ1) is 15.7. The average molecular weight is 279 g/mol. The summed E-state index contributed by atoms with van der Waals surface area (Å²) in [5.41, 5.74) is 0.859. The van der Waals surface area contributed by atoms with E-state index in [2.05, 4.69) is 5.32 Å². The number of carbonyl (C=O) groups excluding carboxylic acids is 2. The number of carboxylic acid groups (broad SMARTS) is 1. The van der Waals surface area contributed by atoms with E-state index in [4.69, 9.17) is 9.84 Å². The molecule has 108 valence electrons. The minimum absolute atomic E-state index is 0.0365. The number of esters is 1. The SMILES string of the molecule is CCOC(=O)CCC(=O)NCc1cccc(C(=O)O)c1. The lowest BCUT2D eigenvalue weighted by molar-refractivity contribution is -0.144. The number of hydrogen-bond acceptors (Lipinski definition) is 4. The van der Waals surface area contributed by atoms with Crippen LogP contribution in [0.4, 0.5) is 0 Å². The maximum atomic E-state index is 11.5. The van der Waals surface area contributed by atoms with Crippen LogP contribution >= 0.6 is 0 Å². The van der Waals surface area contributed by atoms with E-state index in [9.17, 15) is 14.4 Å². The third kappa shape index (κ3) is 5.51. The van der Waals surface area contributed by atoms with Crippen LogP contribution in [0.2, 0.25) is 0 Å². The Balaban J connectivity index is 2.39. The largest absolute Gasteiger partial charge is 0.478 e. The first-order chi connectivity index (χ1) is 9.52. The highest BCUT2D eigenvalue weighted by Crippen LogP contribution is 2.05. The second-order valence-electron chi connectivity index (χ2n) is 4.09. The van der Waals surface area contributed by atoms with Crippen molar-refractivity contribution in [1.29, 1.82) is 0 Å². The Kier molecular flexibility index (Phi) is 6.22. The Morgan fingerprint density at radius 1 is 1.25 bits per heavy atom. The van der Waals surface area contributed by atoms with E-state index >= 15 is 0 Å². The number of carbonyl (C=O) groups is 3. The first-order valence-corrected chi connectivity index (χ1v) is 6.27. The molecular formula is C14H17NO5. The molecule has 20 heavy (non-hydrogen) atoms. The lowest BCUT2D eigenvalue weighted by Gasteiger charge is -2.06. The molecule has 0 aliphatic heterocycles. The molecule has 0 spiro atoms. The number of hydrogen-bond donors (Lipinski definition) is 2. The van der Waals surface area contributed by atoms with Gasteiger partial charge in [-0.1, -0.05) is 12.1 Å². The van der Waals surface area contributed by atoms with Gasteiger partial charge in [0.15, 0.2) is 0 Å². The number of benzene rings is 1. The summed E-state index contributed by atoms with van der Waals surface area (Å²) in [6.07, 6.45) is 0.0896. The number of rotatable bonds is 7. The number of aromatic carboxylic acids is 1. The second-order valence-corrected chi connectivity index (χ2v) is 4.09. The van der Waals surface area contributed by atoms with Gasteiger partial charge in [-0.15, -0.1) is 0 Å². The summed E-state index contributed by atoms with van der Waals surface area (Å²) in [6, 6.07) is 6.31. The molecule has 6 heteroatoms. The molecule has 0 atom stereocenters. The zero-order chi connectivity index (χ0) is 15.0. The molecule has 0 saturated heterocycles. The van der Waals surface area contributed by atoms with E-state index in [0.29, 0.717) is 12.2 Å². The van der Waals surface area contributed by atoms with Crippen LogP contribution in [0.5, 0.6) is 0 Å². The van der Waals surface area contributed by atoms with Crippen LogP contribution in [0, 0.1) is 0 Å². The van der Waals surface area contributed by atoms with Crippen LogP contribution < -0.4 is 5.32 Å². The molecule has 1 aromatic carbocycles. The van der Waals surface area contributed by atoms with E-state index < -0.39 is 11.9 Å². The summed E-state index contributed by atoms with van der Waals surface area (Å²) in [7, 11) is 0. The first-order valence-electron chi connectivity index (χ1n) is 6.27. The van der Waals surface area contributed by atoms with Crippen molar-refractivity contribution in [3.8, 4) is 0 Å². The summed E-state index contributed by atoms with van der Waals surface area (Å²) in [6.45, 7) is 2.22. The topological polar surface area (TPSA) is 92.7 Å². The number of nitrogens with one attached hydrogen (secondary N) is 1. The van der Waals surface area contributed by atoms with Gasteiger partial charge in [0, 0.05) is 13.0 Å². The molecule has 1 rings (SSSR count). The van der Waals surface area contributed by atoms with E-state index in [0.717, 1.165) is 0 Å². The van der Waals surface area contributed by atoms with Crippen LogP contribution in [0.3, 0.4) is 0 Å². The van der Waals surface area contributed by atoms with E-state index in [1.807, 2.05) is 0 Å². The fraction of sp³-hybridized carbons (Fsp3) is 0.357. The number of ether oxygens (including phenoxy) is 1. The van der Waals surface area contributed by atoms with Gasteiger partial charge in [0.25, 0.3) is 0 Å². The van der Waals surface area contributed by atoms with Gasteiger partial charge in [0.2, 0.25) is 5.91 Å². The highest BCUT2D eigenvalue weighted by Gasteiger charge is 2.08. The minimum atomic E-state index is -1.01. The molecular weight excluding hydrogens is 262 g/mol. The van der Waals surface area contributed by atoms with Gasteiger partial charge in [0.05, 0.1) is 18.6 Å². The van der Waals surface area contributed by atoms with Gasteiger partial charge in [-0.25, -0.2) is 4.79 Å². The van der Waals surface area contributed by atoms with Gasteiger partial charge in [-0.2, -0.15) is 0 Å². The quantitative estimate of drug-likeness (QED) is 0.735. The van der Waals surface area contributed by atoms with E-state index in [1.165, 1.54) is 12.1 Å². The van der Waals surface area contributed by atoms with Gasteiger partial charge < -0.3 is 15.2 Å². The van der Waals surface area contributed by atoms with Crippen molar-refractivity contribution >= 4 is 17.8 Å². The molecule has 0 heterocycles. The third-order valence-corrected chi connectivity index (χ3v) is 2.53. The summed E-state index contributed by atoms with van der Waals surface area (Å²) in [5, 5.41) is 11.5. The summed E-state index contributed by atoms with van der Waals surface area (Å²) in [5.74, 6) is -1.70. The van der Waals surface area contributed by atoms with Gasteiger partial charge in [0.1, 0.15) is 0 Å². The van der Waals surface area contributed by atoms with Crippen molar-refractivity contribution in [1.82, 2.24) is 5.32 Å². The minimum Gasteiger partial charge on any atom is -0.478 e. The molecule has 0 fully saturated rings.